The Morgan fingerprint density at radius 3 is 2.25 bits per heavy atom. The van der Waals surface area contributed by atoms with Crippen LogP contribution in [0, 0.1) is 0 Å². The van der Waals surface area contributed by atoms with Crippen LogP contribution >= 0.6 is 0 Å². The molecule has 0 unspecified atom stereocenters. The molecule has 16 heavy (non-hydrogen) atoms. The molecule has 3 heteroatoms. The Hall–Kier alpha value is -1.06. The minimum absolute atomic E-state index is 0.453. The second-order valence-electron chi connectivity index (χ2n) is 4.66. The van der Waals surface area contributed by atoms with E-state index in [9.17, 15) is 10.2 Å². The Bertz CT molecular complexity index is 309. The van der Waals surface area contributed by atoms with Crippen LogP contribution in [0.1, 0.15) is 38.9 Å². The predicted octanol–water partition coefficient (Wildman–Crippen LogP) is 2.28. The highest BCUT2D eigenvalue weighted by atomic mass is 16.5. The predicted molar refractivity (Wildman–Crippen MR) is 63.5 cm³/mol. The average molecular weight is 224 g/mol. The normalized spacial score (nSPS) is 13.6. The van der Waals surface area contributed by atoms with E-state index in [2.05, 4.69) is 0 Å². The SMILES string of the molecule is C[C@H](O)c1ccc(OCCC(C)(C)O)cc1. The highest BCUT2D eigenvalue weighted by Crippen LogP contribution is 2.18. The maximum absolute atomic E-state index is 9.50. The summed E-state index contributed by atoms with van der Waals surface area (Å²) in [5.74, 6) is 0.758. The van der Waals surface area contributed by atoms with Gasteiger partial charge in [0.25, 0.3) is 0 Å². The summed E-state index contributed by atoms with van der Waals surface area (Å²) < 4.78 is 5.48. The fourth-order valence-corrected chi connectivity index (χ4v) is 1.26. The lowest BCUT2D eigenvalue weighted by molar-refractivity contribution is 0.0553. The molecule has 1 rings (SSSR count). The summed E-state index contributed by atoms with van der Waals surface area (Å²) in [4.78, 5) is 0. The van der Waals surface area contributed by atoms with E-state index in [1.807, 2.05) is 24.3 Å². The van der Waals surface area contributed by atoms with Gasteiger partial charge in [-0.1, -0.05) is 12.1 Å². The first-order valence-electron chi connectivity index (χ1n) is 5.52. The largest absolute Gasteiger partial charge is 0.493 e. The van der Waals surface area contributed by atoms with Crippen LogP contribution in [0.25, 0.3) is 0 Å². The lowest BCUT2D eigenvalue weighted by Gasteiger charge is -2.17. The van der Waals surface area contributed by atoms with Gasteiger partial charge in [0, 0.05) is 6.42 Å². The Kier molecular flexibility index (Phi) is 4.33. The minimum atomic E-state index is -0.695. The number of benzene rings is 1. The Morgan fingerprint density at radius 2 is 1.81 bits per heavy atom. The molecule has 3 nitrogen and oxygen atoms in total. The molecular formula is C13H20O3. The van der Waals surface area contributed by atoms with Crippen LogP contribution < -0.4 is 4.74 Å². The Balaban J connectivity index is 2.44. The summed E-state index contributed by atoms with van der Waals surface area (Å²) in [6, 6.07) is 7.33. The number of aliphatic hydroxyl groups is 2. The van der Waals surface area contributed by atoms with Gasteiger partial charge in [0.2, 0.25) is 0 Å². The summed E-state index contributed by atoms with van der Waals surface area (Å²) in [6.07, 6.45) is 0.135. The summed E-state index contributed by atoms with van der Waals surface area (Å²) >= 11 is 0. The molecule has 0 fully saturated rings. The van der Waals surface area contributed by atoms with Gasteiger partial charge in [-0.15, -0.1) is 0 Å². The third kappa shape index (κ3) is 4.64. The summed E-state index contributed by atoms with van der Waals surface area (Å²) in [7, 11) is 0. The van der Waals surface area contributed by atoms with E-state index >= 15 is 0 Å². The van der Waals surface area contributed by atoms with Crippen LogP contribution in [0.15, 0.2) is 24.3 Å². The molecule has 0 saturated carbocycles. The van der Waals surface area contributed by atoms with Crippen molar-refractivity contribution in [1.29, 1.82) is 0 Å². The fraction of sp³-hybridized carbons (Fsp3) is 0.538. The smallest absolute Gasteiger partial charge is 0.119 e. The van der Waals surface area contributed by atoms with Crippen LogP contribution in [0.5, 0.6) is 5.75 Å². The van der Waals surface area contributed by atoms with Crippen molar-refractivity contribution in [2.75, 3.05) is 6.61 Å². The first kappa shape index (κ1) is 13.0. The van der Waals surface area contributed by atoms with Crippen LogP contribution in [0.2, 0.25) is 0 Å². The van der Waals surface area contributed by atoms with Gasteiger partial charge in [-0.2, -0.15) is 0 Å². The molecule has 0 aliphatic rings. The molecule has 0 amide bonds. The van der Waals surface area contributed by atoms with E-state index in [4.69, 9.17) is 4.74 Å². The van der Waals surface area contributed by atoms with Gasteiger partial charge in [-0.05, 0) is 38.5 Å². The highest BCUT2D eigenvalue weighted by Gasteiger charge is 2.12. The molecule has 0 spiro atoms. The van der Waals surface area contributed by atoms with E-state index in [1.165, 1.54) is 0 Å². The molecule has 1 aromatic rings. The lowest BCUT2D eigenvalue weighted by atomic mass is 10.1. The fourth-order valence-electron chi connectivity index (χ4n) is 1.26. The van der Waals surface area contributed by atoms with Crippen molar-refractivity contribution in [1.82, 2.24) is 0 Å². The molecule has 0 bridgehead atoms. The topological polar surface area (TPSA) is 49.7 Å². The molecule has 0 aliphatic heterocycles. The first-order chi connectivity index (χ1) is 7.38. The van der Waals surface area contributed by atoms with Gasteiger partial charge in [0.15, 0.2) is 0 Å². The molecule has 0 saturated heterocycles. The van der Waals surface area contributed by atoms with E-state index in [0.29, 0.717) is 13.0 Å². The van der Waals surface area contributed by atoms with Gasteiger partial charge in [-0.25, -0.2) is 0 Å². The van der Waals surface area contributed by atoms with Gasteiger partial charge >= 0.3 is 0 Å². The summed E-state index contributed by atoms with van der Waals surface area (Å²) in [5, 5.41) is 18.8. The zero-order valence-electron chi connectivity index (χ0n) is 10.1. The van der Waals surface area contributed by atoms with Gasteiger partial charge < -0.3 is 14.9 Å². The molecule has 1 atom stereocenters. The Morgan fingerprint density at radius 1 is 1.25 bits per heavy atom. The van der Waals surface area contributed by atoms with Crippen molar-refractivity contribution in [3.05, 3.63) is 29.8 Å². The maximum Gasteiger partial charge on any atom is 0.119 e. The van der Waals surface area contributed by atoms with Crippen LogP contribution in [-0.4, -0.2) is 22.4 Å². The number of hydrogen-bond donors (Lipinski definition) is 2. The zero-order chi connectivity index (χ0) is 12.2. The van der Waals surface area contributed by atoms with E-state index < -0.39 is 11.7 Å². The second kappa shape index (κ2) is 5.32. The van der Waals surface area contributed by atoms with E-state index in [1.54, 1.807) is 20.8 Å². The highest BCUT2D eigenvalue weighted by molar-refractivity contribution is 5.28. The molecule has 0 aliphatic carbocycles. The quantitative estimate of drug-likeness (QED) is 0.806. The van der Waals surface area contributed by atoms with Crippen LogP contribution in [-0.2, 0) is 0 Å². The molecule has 1 aromatic carbocycles. The molecule has 2 N–H and O–H groups in total. The van der Waals surface area contributed by atoms with Gasteiger partial charge in [-0.3, -0.25) is 0 Å². The van der Waals surface area contributed by atoms with Crippen LogP contribution in [0.4, 0.5) is 0 Å². The third-order valence-corrected chi connectivity index (χ3v) is 2.35. The number of hydrogen-bond acceptors (Lipinski definition) is 3. The van der Waals surface area contributed by atoms with Crippen molar-refractivity contribution in [3.8, 4) is 5.75 Å². The number of ether oxygens (including phenoxy) is 1. The summed E-state index contributed by atoms with van der Waals surface area (Å²) in [6.45, 7) is 5.72. The van der Waals surface area contributed by atoms with Crippen molar-refractivity contribution < 1.29 is 14.9 Å². The monoisotopic (exact) mass is 224 g/mol. The summed E-state index contributed by atoms with van der Waals surface area (Å²) in [5.41, 5.74) is 0.175. The van der Waals surface area contributed by atoms with Crippen LogP contribution in [0.3, 0.4) is 0 Å². The van der Waals surface area contributed by atoms with Gasteiger partial charge in [0.1, 0.15) is 5.75 Å². The molecule has 0 heterocycles. The molecule has 0 aromatic heterocycles. The zero-order valence-corrected chi connectivity index (χ0v) is 10.1. The van der Waals surface area contributed by atoms with Crippen molar-refractivity contribution >= 4 is 0 Å². The second-order valence-corrected chi connectivity index (χ2v) is 4.66. The van der Waals surface area contributed by atoms with Crippen molar-refractivity contribution in [3.63, 3.8) is 0 Å². The molecule has 90 valence electrons. The van der Waals surface area contributed by atoms with Crippen molar-refractivity contribution in [2.24, 2.45) is 0 Å². The lowest BCUT2D eigenvalue weighted by Crippen LogP contribution is -2.21. The van der Waals surface area contributed by atoms with Gasteiger partial charge in [0.05, 0.1) is 18.3 Å². The molecular weight excluding hydrogens is 204 g/mol. The first-order valence-corrected chi connectivity index (χ1v) is 5.52. The Labute approximate surface area is 96.7 Å². The molecule has 0 radical (unpaired) electrons. The maximum atomic E-state index is 9.50. The third-order valence-electron chi connectivity index (χ3n) is 2.35. The van der Waals surface area contributed by atoms with Crippen molar-refractivity contribution in [2.45, 2.75) is 38.9 Å². The van der Waals surface area contributed by atoms with E-state index in [-0.39, 0.29) is 0 Å². The average Bonchev–Trinajstić information content (AvgIpc) is 2.16. The number of aliphatic hydroxyl groups excluding tert-OH is 1. The number of rotatable bonds is 5. The standard InChI is InChI=1S/C13H20O3/c1-10(14)11-4-6-12(7-5-11)16-9-8-13(2,3)15/h4-7,10,14-15H,8-9H2,1-3H3/t10-/m0/s1. The van der Waals surface area contributed by atoms with E-state index in [0.717, 1.165) is 11.3 Å². The minimum Gasteiger partial charge on any atom is -0.493 e.